The molecule has 2 aliphatic heterocycles. The number of amidine groups is 1. The number of dihydropyridines is 1. The van der Waals surface area contributed by atoms with Crippen molar-refractivity contribution in [1.29, 1.82) is 0 Å². The summed E-state index contributed by atoms with van der Waals surface area (Å²) in [6, 6.07) is 0. The van der Waals surface area contributed by atoms with Crippen molar-refractivity contribution in [3.05, 3.63) is 12.2 Å². The summed E-state index contributed by atoms with van der Waals surface area (Å²) in [5.74, 6) is -0.614. The Hall–Kier alpha value is -1.51. The number of hydrogen-bond donors (Lipinski definition) is 1. The molecule has 0 aliphatic carbocycles. The van der Waals surface area contributed by atoms with E-state index in [1.807, 2.05) is 0 Å². The standard InChI is InChI=1S/C22H38N2O5Si/c1-10-15-17(29-30(8,9)22(5,6)7)13-16(27-15)14-11-12-18(23-19(14)25)24-20(26)28-21(2,3)4/h11-12,14-17H,10,13H2,1-9H3,(H,23,24,25,26)/t14?,15-,16-,17-/m1/s1. The highest BCUT2D eigenvalue weighted by molar-refractivity contribution is 6.74. The number of carbonyl (C=O) groups excluding carboxylic acids is 2. The zero-order chi connectivity index (χ0) is 22.9. The van der Waals surface area contributed by atoms with E-state index in [1.165, 1.54) is 0 Å². The van der Waals surface area contributed by atoms with Crippen LogP contribution in [0.2, 0.25) is 18.1 Å². The third-order valence-electron chi connectivity index (χ3n) is 5.89. The Labute approximate surface area is 181 Å². The molecule has 2 amide bonds. The van der Waals surface area contributed by atoms with E-state index in [0.717, 1.165) is 6.42 Å². The topological polar surface area (TPSA) is 86.2 Å². The fraction of sp³-hybridized carbons (Fsp3) is 0.773. The van der Waals surface area contributed by atoms with E-state index in [0.29, 0.717) is 6.42 Å². The molecule has 8 heteroatoms. The average molecular weight is 439 g/mol. The molecule has 2 aliphatic rings. The highest BCUT2D eigenvalue weighted by atomic mass is 28.4. The van der Waals surface area contributed by atoms with E-state index in [2.05, 4.69) is 51.1 Å². The van der Waals surface area contributed by atoms with Gasteiger partial charge in [0.2, 0.25) is 0 Å². The predicted molar refractivity (Wildman–Crippen MR) is 120 cm³/mol. The first-order chi connectivity index (χ1) is 13.6. The molecule has 0 bridgehead atoms. The predicted octanol–water partition coefficient (Wildman–Crippen LogP) is 4.58. The molecule has 0 aromatic heterocycles. The van der Waals surface area contributed by atoms with Crippen molar-refractivity contribution in [2.75, 3.05) is 0 Å². The molecule has 1 N–H and O–H groups in total. The van der Waals surface area contributed by atoms with E-state index in [-0.39, 0.29) is 35.1 Å². The summed E-state index contributed by atoms with van der Waals surface area (Å²) in [6.45, 7) is 18.5. The monoisotopic (exact) mass is 438 g/mol. The number of amides is 2. The van der Waals surface area contributed by atoms with Crippen molar-refractivity contribution in [2.45, 2.75) is 103 Å². The third kappa shape index (κ3) is 6.25. The van der Waals surface area contributed by atoms with Crippen LogP contribution in [0, 0.1) is 5.92 Å². The molecule has 1 saturated heterocycles. The second-order valence-electron chi connectivity index (χ2n) is 10.6. The maximum atomic E-state index is 12.7. The fourth-order valence-electron chi connectivity index (χ4n) is 3.29. The Morgan fingerprint density at radius 3 is 2.40 bits per heavy atom. The zero-order valence-electron chi connectivity index (χ0n) is 19.9. The molecule has 0 radical (unpaired) electrons. The number of alkyl carbamates (subject to hydrolysis) is 1. The quantitative estimate of drug-likeness (QED) is 0.649. The van der Waals surface area contributed by atoms with E-state index >= 15 is 0 Å². The van der Waals surface area contributed by atoms with Crippen LogP contribution in [0.15, 0.2) is 17.1 Å². The van der Waals surface area contributed by atoms with Crippen LogP contribution in [0.25, 0.3) is 0 Å². The van der Waals surface area contributed by atoms with Gasteiger partial charge >= 0.3 is 6.09 Å². The molecule has 0 aromatic rings. The number of nitrogens with zero attached hydrogens (tertiary/aromatic N) is 1. The van der Waals surface area contributed by atoms with E-state index in [1.54, 1.807) is 32.9 Å². The maximum Gasteiger partial charge on any atom is 0.413 e. The first kappa shape index (κ1) is 24.8. The van der Waals surface area contributed by atoms with Crippen LogP contribution in [0.4, 0.5) is 4.79 Å². The lowest BCUT2D eigenvalue weighted by Crippen LogP contribution is -2.45. The van der Waals surface area contributed by atoms with Crippen LogP contribution >= 0.6 is 0 Å². The Balaban J connectivity index is 2.02. The summed E-state index contributed by atoms with van der Waals surface area (Å²) < 4.78 is 18.0. The van der Waals surface area contributed by atoms with Crippen LogP contribution in [0.5, 0.6) is 0 Å². The minimum atomic E-state index is -1.95. The molecule has 2 heterocycles. The Morgan fingerprint density at radius 1 is 1.27 bits per heavy atom. The molecular weight excluding hydrogens is 400 g/mol. The molecule has 4 atom stereocenters. The van der Waals surface area contributed by atoms with Gasteiger partial charge in [0, 0.05) is 6.42 Å². The summed E-state index contributed by atoms with van der Waals surface area (Å²) in [5.41, 5.74) is -0.623. The third-order valence-corrected chi connectivity index (χ3v) is 10.4. The van der Waals surface area contributed by atoms with Crippen molar-refractivity contribution < 1.29 is 23.5 Å². The minimum Gasteiger partial charge on any atom is -0.444 e. The molecule has 7 nitrogen and oxygen atoms in total. The van der Waals surface area contributed by atoms with Gasteiger partial charge in [-0.15, -0.1) is 0 Å². The lowest BCUT2D eigenvalue weighted by molar-refractivity contribution is -0.124. The molecule has 170 valence electrons. The van der Waals surface area contributed by atoms with E-state index in [4.69, 9.17) is 13.9 Å². The highest BCUT2D eigenvalue weighted by Crippen LogP contribution is 2.41. The van der Waals surface area contributed by atoms with Gasteiger partial charge in [-0.05, 0) is 51.4 Å². The summed E-state index contributed by atoms with van der Waals surface area (Å²) in [7, 11) is -1.95. The van der Waals surface area contributed by atoms with Crippen molar-refractivity contribution in [3.8, 4) is 0 Å². The second-order valence-corrected chi connectivity index (χ2v) is 15.4. The maximum absolute atomic E-state index is 12.7. The molecule has 1 fully saturated rings. The number of hydrogen-bond acceptors (Lipinski definition) is 5. The smallest absolute Gasteiger partial charge is 0.413 e. The van der Waals surface area contributed by atoms with Gasteiger partial charge in [-0.25, -0.2) is 4.79 Å². The summed E-state index contributed by atoms with van der Waals surface area (Å²) >= 11 is 0. The molecule has 2 rings (SSSR count). The Bertz CT molecular complexity index is 718. The van der Waals surface area contributed by atoms with Gasteiger partial charge in [0.1, 0.15) is 11.4 Å². The number of nitrogens with one attached hydrogen (secondary N) is 1. The number of ether oxygens (including phenoxy) is 2. The normalized spacial score (nSPS) is 27.8. The van der Waals surface area contributed by atoms with Crippen molar-refractivity contribution in [1.82, 2.24) is 5.32 Å². The summed E-state index contributed by atoms with van der Waals surface area (Å²) in [5, 5.41) is 2.62. The van der Waals surface area contributed by atoms with Gasteiger partial charge < -0.3 is 13.9 Å². The highest BCUT2D eigenvalue weighted by Gasteiger charge is 2.46. The molecular formula is C22H38N2O5Si. The largest absolute Gasteiger partial charge is 0.444 e. The lowest BCUT2D eigenvalue weighted by atomic mass is 9.95. The molecule has 1 unspecified atom stereocenters. The van der Waals surface area contributed by atoms with Gasteiger partial charge in [0.25, 0.3) is 5.91 Å². The first-order valence-electron chi connectivity index (χ1n) is 10.8. The van der Waals surface area contributed by atoms with Crippen LogP contribution in [-0.2, 0) is 18.7 Å². The average Bonchev–Trinajstić information content (AvgIpc) is 2.93. The van der Waals surface area contributed by atoms with Crippen LogP contribution in [-0.4, -0.2) is 50.1 Å². The molecule has 0 spiro atoms. The van der Waals surface area contributed by atoms with Crippen LogP contribution in [0.3, 0.4) is 0 Å². The number of rotatable bonds is 4. The molecule has 0 saturated carbocycles. The molecule has 30 heavy (non-hydrogen) atoms. The van der Waals surface area contributed by atoms with Gasteiger partial charge in [0.05, 0.1) is 24.2 Å². The van der Waals surface area contributed by atoms with Gasteiger partial charge in [-0.3, -0.25) is 10.1 Å². The summed E-state index contributed by atoms with van der Waals surface area (Å²) in [6.07, 6.45) is 3.92. The Morgan fingerprint density at radius 2 is 1.90 bits per heavy atom. The van der Waals surface area contributed by atoms with Crippen LogP contribution < -0.4 is 5.32 Å². The summed E-state index contributed by atoms with van der Waals surface area (Å²) in [4.78, 5) is 28.6. The Kier molecular flexibility index (Phi) is 7.36. The van der Waals surface area contributed by atoms with Crippen molar-refractivity contribution in [2.24, 2.45) is 10.9 Å². The van der Waals surface area contributed by atoms with Gasteiger partial charge in [0.15, 0.2) is 8.32 Å². The van der Waals surface area contributed by atoms with E-state index < -0.39 is 25.9 Å². The SMILES string of the molecule is CC[C@H]1O[C@@H](C2C=CC(NC(=O)OC(C)(C)C)=NC2=O)C[C@H]1O[Si](C)(C)C(C)(C)C. The fourth-order valence-corrected chi connectivity index (χ4v) is 4.64. The van der Waals surface area contributed by atoms with Gasteiger partial charge in [-0.2, -0.15) is 4.99 Å². The second kappa shape index (κ2) is 8.92. The number of aliphatic imine (C=N–C) groups is 1. The zero-order valence-corrected chi connectivity index (χ0v) is 20.9. The van der Waals surface area contributed by atoms with Crippen molar-refractivity contribution >= 4 is 26.2 Å². The molecule has 0 aromatic carbocycles. The number of carbonyl (C=O) groups is 2. The van der Waals surface area contributed by atoms with Crippen LogP contribution in [0.1, 0.15) is 61.3 Å². The first-order valence-corrected chi connectivity index (χ1v) is 13.7. The van der Waals surface area contributed by atoms with Crippen molar-refractivity contribution in [3.63, 3.8) is 0 Å². The van der Waals surface area contributed by atoms with E-state index in [9.17, 15) is 9.59 Å². The lowest BCUT2D eigenvalue weighted by Gasteiger charge is -2.39. The van der Waals surface area contributed by atoms with Gasteiger partial charge in [-0.1, -0.05) is 33.8 Å². The minimum absolute atomic E-state index is 0.0210.